The largest absolute Gasteiger partial charge is 0.314 e. The van der Waals surface area contributed by atoms with E-state index in [0.717, 1.165) is 11.3 Å². The molecule has 0 saturated carbocycles. The molecule has 1 atom stereocenters. The highest BCUT2D eigenvalue weighted by Gasteiger charge is 2.34. The first-order chi connectivity index (χ1) is 16.5. The van der Waals surface area contributed by atoms with Crippen LogP contribution in [0.25, 0.3) is 10.2 Å². The average Bonchev–Trinajstić information content (AvgIpc) is 3.24. The van der Waals surface area contributed by atoms with E-state index in [1.807, 2.05) is 14.1 Å². The van der Waals surface area contributed by atoms with Crippen LogP contribution >= 0.6 is 22.9 Å². The summed E-state index contributed by atoms with van der Waals surface area (Å²) in [5.41, 5.74) is 1.36. The molecule has 0 bridgehead atoms. The number of sulfonamides is 1. The van der Waals surface area contributed by atoms with Crippen molar-refractivity contribution in [1.29, 1.82) is 0 Å². The monoisotopic (exact) mass is 535 g/mol. The van der Waals surface area contributed by atoms with E-state index in [1.54, 1.807) is 58.1 Å². The molecule has 0 aliphatic carbocycles. The summed E-state index contributed by atoms with van der Waals surface area (Å²) in [5, 5.41) is 0.958. The fraction of sp³-hybridized carbons (Fsp3) is 0.348. The molecule has 2 aromatic heterocycles. The van der Waals surface area contributed by atoms with Gasteiger partial charge in [-0.1, -0.05) is 11.6 Å². The third-order valence-electron chi connectivity index (χ3n) is 5.70. The topological polar surface area (TPSA) is 103 Å². The molecule has 1 aliphatic rings. The fourth-order valence-electron chi connectivity index (χ4n) is 3.87. The summed E-state index contributed by atoms with van der Waals surface area (Å²) in [4.78, 5) is 35.1. The number of thiophene rings is 1. The van der Waals surface area contributed by atoms with Gasteiger partial charge in [0.15, 0.2) is 0 Å². The van der Waals surface area contributed by atoms with E-state index in [2.05, 4.69) is 9.71 Å². The number of halogens is 1. The van der Waals surface area contributed by atoms with Crippen LogP contribution in [0.4, 0.5) is 11.4 Å². The normalized spacial score (nSPS) is 16.8. The number of pyridine rings is 1. The Bertz CT molecular complexity index is 1360. The van der Waals surface area contributed by atoms with E-state index in [0.29, 0.717) is 41.0 Å². The lowest BCUT2D eigenvalue weighted by atomic mass is 10.0. The van der Waals surface area contributed by atoms with Crippen molar-refractivity contribution in [2.75, 3.05) is 44.0 Å². The molecular formula is C23H26ClN5O4S2. The van der Waals surface area contributed by atoms with Crippen molar-refractivity contribution in [3.8, 4) is 0 Å². The van der Waals surface area contributed by atoms with Crippen LogP contribution in [0.2, 0.25) is 5.15 Å². The minimum atomic E-state index is -3.92. The maximum Gasteiger partial charge on any atom is 0.250 e. The number of nitrogens with one attached hydrogen (secondary N) is 1. The van der Waals surface area contributed by atoms with Gasteiger partial charge in [-0.25, -0.2) is 13.4 Å². The number of fused-ring (bicyclic) bond motifs is 1. The molecule has 186 valence electrons. The summed E-state index contributed by atoms with van der Waals surface area (Å²) in [5.74, 6) is -0.364. The summed E-state index contributed by atoms with van der Waals surface area (Å²) < 4.78 is 28.7. The van der Waals surface area contributed by atoms with Crippen molar-refractivity contribution in [1.82, 2.24) is 14.6 Å². The molecule has 0 radical (unpaired) electrons. The zero-order valence-electron chi connectivity index (χ0n) is 19.6. The lowest BCUT2D eigenvalue weighted by Gasteiger charge is -2.32. The van der Waals surface area contributed by atoms with Crippen molar-refractivity contribution in [3.05, 3.63) is 47.6 Å². The fourth-order valence-corrected chi connectivity index (χ4v) is 6.64. The van der Waals surface area contributed by atoms with E-state index in [1.165, 1.54) is 6.07 Å². The average molecular weight is 536 g/mol. The first-order valence-electron chi connectivity index (χ1n) is 11.0. The highest BCUT2D eigenvalue weighted by Crippen LogP contribution is 2.30. The Labute approximate surface area is 213 Å². The Morgan fingerprint density at radius 1 is 1.20 bits per heavy atom. The third-order valence-corrected chi connectivity index (χ3v) is 8.90. The molecule has 1 fully saturated rings. The van der Waals surface area contributed by atoms with Crippen LogP contribution in [0.1, 0.15) is 12.8 Å². The summed E-state index contributed by atoms with van der Waals surface area (Å²) in [6.07, 6.45) is 1.05. The zero-order valence-corrected chi connectivity index (χ0v) is 22.0. The number of carbonyl (C=O) groups excluding carboxylic acids is 2. The van der Waals surface area contributed by atoms with Gasteiger partial charge in [0.2, 0.25) is 11.8 Å². The Hall–Kier alpha value is -2.57. The van der Waals surface area contributed by atoms with Crippen LogP contribution < -0.4 is 14.5 Å². The van der Waals surface area contributed by atoms with Crippen LogP contribution in [0, 0.1) is 0 Å². The van der Waals surface area contributed by atoms with Gasteiger partial charge in [0.05, 0.1) is 6.54 Å². The highest BCUT2D eigenvalue weighted by molar-refractivity contribution is 7.91. The van der Waals surface area contributed by atoms with Gasteiger partial charge in [0, 0.05) is 30.4 Å². The minimum absolute atomic E-state index is 0.0509. The molecule has 3 heterocycles. The van der Waals surface area contributed by atoms with E-state index >= 15 is 0 Å². The van der Waals surface area contributed by atoms with Gasteiger partial charge in [-0.2, -0.15) is 4.72 Å². The Kier molecular flexibility index (Phi) is 7.43. The van der Waals surface area contributed by atoms with Crippen LogP contribution in [0.15, 0.2) is 46.7 Å². The minimum Gasteiger partial charge on any atom is -0.314 e. The molecule has 2 amide bonds. The molecule has 1 aliphatic heterocycles. The van der Waals surface area contributed by atoms with Gasteiger partial charge in [0.25, 0.3) is 10.0 Å². The zero-order chi connectivity index (χ0) is 25.3. The molecule has 9 nitrogen and oxygen atoms in total. The number of carbonyl (C=O) groups is 2. The Morgan fingerprint density at radius 2 is 1.91 bits per heavy atom. The predicted octanol–water partition coefficient (Wildman–Crippen LogP) is 2.95. The van der Waals surface area contributed by atoms with E-state index in [-0.39, 0.29) is 27.7 Å². The number of hydrogen-bond donors (Lipinski definition) is 1. The number of rotatable bonds is 7. The second kappa shape index (κ2) is 10.2. The second-order valence-electron chi connectivity index (χ2n) is 8.61. The number of benzene rings is 1. The molecule has 1 N–H and O–H groups in total. The number of piperidine rings is 1. The van der Waals surface area contributed by atoms with Gasteiger partial charge in [-0.3, -0.25) is 9.59 Å². The van der Waals surface area contributed by atoms with Crippen LogP contribution in [-0.2, 0) is 19.6 Å². The van der Waals surface area contributed by atoms with Crippen LogP contribution in [0.5, 0.6) is 0 Å². The highest BCUT2D eigenvalue weighted by atomic mass is 35.5. The third kappa shape index (κ3) is 5.65. The summed E-state index contributed by atoms with van der Waals surface area (Å²) in [6.45, 7) is 0.769. The first-order valence-corrected chi connectivity index (χ1v) is 13.6. The van der Waals surface area contributed by atoms with Crippen molar-refractivity contribution in [3.63, 3.8) is 0 Å². The summed E-state index contributed by atoms with van der Waals surface area (Å²) in [6, 6.07) is 11.1. The van der Waals surface area contributed by atoms with Gasteiger partial charge < -0.3 is 14.7 Å². The standard InChI is InChI=1S/C23H26ClN5O4S2/c1-27(2)14-20(30)28(3)16-7-9-17(10-8-16)29-12-4-5-18(23(29)31)26-35(32,33)21-13-15-6-11-19(24)25-22(15)34-21/h6-11,13,18,26H,4-5,12,14H2,1-3H3. The molecule has 4 rings (SSSR count). The van der Waals surface area contributed by atoms with Crippen molar-refractivity contribution in [2.24, 2.45) is 0 Å². The molecule has 35 heavy (non-hydrogen) atoms. The summed E-state index contributed by atoms with van der Waals surface area (Å²) in [7, 11) is 1.44. The maximum atomic E-state index is 13.2. The Morgan fingerprint density at radius 3 is 2.60 bits per heavy atom. The number of nitrogens with zero attached hydrogens (tertiary/aromatic N) is 4. The smallest absolute Gasteiger partial charge is 0.250 e. The lowest BCUT2D eigenvalue weighted by Crippen LogP contribution is -2.52. The summed E-state index contributed by atoms with van der Waals surface area (Å²) >= 11 is 6.92. The molecule has 3 aromatic rings. The number of amides is 2. The lowest BCUT2D eigenvalue weighted by molar-refractivity contribution is -0.121. The van der Waals surface area contributed by atoms with E-state index in [9.17, 15) is 18.0 Å². The van der Waals surface area contributed by atoms with Crippen molar-refractivity contribution >= 4 is 66.4 Å². The second-order valence-corrected chi connectivity index (χ2v) is 12.0. The quantitative estimate of drug-likeness (QED) is 0.467. The number of likely N-dealkylation sites (N-methyl/N-ethyl adjacent to an activating group) is 2. The van der Waals surface area contributed by atoms with Crippen LogP contribution in [-0.4, -0.2) is 70.4 Å². The number of anilines is 2. The molecule has 1 aromatic carbocycles. The van der Waals surface area contributed by atoms with Crippen molar-refractivity contribution in [2.45, 2.75) is 23.1 Å². The maximum absolute atomic E-state index is 13.2. The van der Waals surface area contributed by atoms with Crippen molar-refractivity contribution < 1.29 is 18.0 Å². The van der Waals surface area contributed by atoms with Gasteiger partial charge >= 0.3 is 0 Å². The van der Waals surface area contributed by atoms with Gasteiger partial charge in [-0.15, -0.1) is 11.3 Å². The molecule has 1 saturated heterocycles. The number of hydrogen-bond acceptors (Lipinski definition) is 7. The van der Waals surface area contributed by atoms with Gasteiger partial charge in [-0.05, 0) is 69.4 Å². The molecule has 0 spiro atoms. The number of aromatic nitrogens is 1. The molecular weight excluding hydrogens is 510 g/mol. The van der Waals surface area contributed by atoms with Crippen LogP contribution in [0.3, 0.4) is 0 Å². The van der Waals surface area contributed by atoms with E-state index < -0.39 is 16.1 Å². The molecule has 12 heteroatoms. The Balaban J connectivity index is 1.48. The van der Waals surface area contributed by atoms with Gasteiger partial charge in [0.1, 0.15) is 20.2 Å². The predicted molar refractivity (Wildman–Crippen MR) is 139 cm³/mol. The molecule has 1 unspecified atom stereocenters. The first kappa shape index (κ1) is 25.5. The SMILES string of the molecule is CN(C)CC(=O)N(C)c1ccc(N2CCCC(NS(=O)(=O)c3cc4ccc(Cl)nc4s3)C2=O)cc1. The van der Waals surface area contributed by atoms with E-state index in [4.69, 9.17) is 11.6 Å².